The van der Waals surface area contributed by atoms with Crippen LogP contribution in [0, 0.1) is 17.8 Å². The first-order valence-corrected chi connectivity index (χ1v) is 8.75. The molecular weight excluding hydrogens is 274 g/mol. The molecule has 0 N–H and O–H groups in total. The highest BCUT2D eigenvalue weighted by Crippen LogP contribution is 2.35. The van der Waals surface area contributed by atoms with E-state index in [0.717, 1.165) is 39.0 Å². The van der Waals surface area contributed by atoms with Crippen LogP contribution in [0.4, 0.5) is 5.69 Å². The normalized spacial score (nSPS) is 28.9. The fourth-order valence-electron chi connectivity index (χ4n) is 4.55. The quantitative estimate of drug-likeness (QED) is 0.842. The molecule has 22 heavy (non-hydrogen) atoms. The van der Waals surface area contributed by atoms with Crippen LogP contribution in [0.3, 0.4) is 0 Å². The summed E-state index contributed by atoms with van der Waals surface area (Å²) < 4.78 is 0. The molecule has 4 rings (SSSR count). The fraction of sp³-hybridized carbons (Fsp3) is 0.667. The number of nitrogens with zero attached hydrogens (tertiary/aromatic N) is 3. The third-order valence-electron chi connectivity index (χ3n) is 5.83. The molecule has 0 bridgehead atoms. The van der Waals surface area contributed by atoms with E-state index in [1.54, 1.807) is 0 Å². The van der Waals surface area contributed by atoms with E-state index in [0.29, 0.717) is 23.7 Å². The maximum absolute atomic E-state index is 12.6. The number of fused-ring (bicyclic) bond motifs is 1. The van der Waals surface area contributed by atoms with Gasteiger partial charge in [-0.1, -0.05) is 12.8 Å². The van der Waals surface area contributed by atoms with E-state index in [1.807, 2.05) is 18.5 Å². The molecule has 1 aromatic rings. The summed E-state index contributed by atoms with van der Waals surface area (Å²) in [5, 5.41) is 0. The lowest BCUT2D eigenvalue weighted by atomic mass is 9.88. The van der Waals surface area contributed by atoms with E-state index >= 15 is 0 Å². The molecule has 3 fully saturated rings. The summed E-state index contributed by atoms with van der Waals surface area (Å²) in [6.07, 6.45) is 9.70. The van der Waals surface area contributed by atoms with Crippen molar-refractivity contribution in [1.29, 1.82) is 0 Å². The molecule has 1 aromatic heterocycles. The molecule has 3 aliphatic rings. The Kier molecular flexibility index (Phi) is 3.77. The van der Waals surface area contributed by atoms with Crippen molar-refractivity contribution in [3.8, 4) is 0 Å². The van der Waals surface area contributed by atoms with Crippen molar-refractivity contribution in [1.82, 2.24) is 9.88 Å². The highest BCUT2D eigenvalue weighted by molar-refractivity contribution is 5.79. The molecule has 1 saturated carbocycles. The Labute approximate surface area is 132 Å². The number of piperidine rings is 1. The van der Waals surface area contributed by atoms with Gasteiger partial charge in [-0.05, 0) is 43.2 Å². The second-order valence-electron chi connectivity index (χ2n) is 7.19. The van der Waals surface area contributed by atoms with Gasteiger partial charge in [-0.3, -0.25) is 9.78 Å². The summed E-state index contributed by atoms with van der Waals surface area (Å²) in [6.45, 7) is 4.14. The zero-order valence-electron chi connectivity index (χ0n) is 13.2. The zero-order chi connectivity index (χ0) is 14.9. The summed E-state index contributed by atoms with van der Waals surface area (Å²) >= 11 is 0. The van der Waals surface area contributed by atoms with Gasteiger partial charge >= 0.3 is 0 Å². The second-order valence-corrected chi connectivity index (χ2v) is 7.19. The molecule has 0 radical (unpaired) electrons. The number of aromatic nitrogens is 1. The van der Waals surface area contributed by atoms with Gasteiger partial charge in [0.05, 0.1) is 11.9 Å². The lowest BCUT2D eigenvalue weighted by Gasteiger charge is -2.35. The number of likely N-dealkylation sites (tertiary alicyclic amines) is 1. The Morgan fingerprint density at radius 3 is 2.68 bits per heavy atom. The Morgan fingerprint density at radius 1 is 1.09 bits per heavy atom. The molecule has 0 aromatic carbocycles. The van der Waals surface area contributed by atoms with Crippen molar-refractivity contribution in [2.24, 2.45) is 17.8 Å². The van der Waals surface area contributed by atoms with Gasteiger partial charge in [-0.15, -0.1) is 0 Å². The first-order chi connectivity index (χ1) is 10.8. The van der Waals surface area contributed by atoms with Crippen LogP contribution in [-0.2, 0) is 4.79 Å². The number of rotatable bonds is 2. The Morgan fingerprint density at radius 2 is 1.91 bits per heavy atom. The minimum absolute atomic E-state index is 0.328. The molecule has 118 valence electrons. The van der Waals surface area contributed by atoms with Crippen molar-refractivity contribution in [3.05, 3.63) is 24.5 Å². The van der Waals surface area contributed by atoms with Crippen molar-refractivity contribution in [2.45, 2.75) is 32.1 Å². The smallest absolute Gasteiger partial charge is 0.225 e. The number of amides is 1. The number of carbonyl (C=O) groups is 1. The largest absolute Gasteiger partial charge is 0.370 e. The molecular formula is C18H25N3O. The van der Waals surface area contributed by atoms with Crippen LogP contribution in [0.2, 0.25) is 0 Å². The van der Waals surface area contributed by atoms with Gasteiger partial charge in [-0.2, -0.15) is 0 Å². The molecule has 1 amide bonds. The molecule has 4 nitrogen and oxygen atoms in total. The Balaban J connectivity index is 1.40. The van der Waals surface area contributed by atoms with E-state index in [-0.39, 0.29) is 0 Å². The maximum Gasteiger partial charge on any atom is 0.225 e. The number of hydrogen-bond donors (Lipinski definition) is 0. The second kappa shape index (κ2) is 5.90. The third kappa shape index (κ3) is 2.59. The topological polar surface area (TPSA) is 36.4 Å². The van der Waals surface area contributed by atoms with E-state index in [9.17, 15) is 4.79 Å². The molecule has 2 aliphatic heterocycles. The third-order valence-corrected chi connectivity index (χ3v) is 5.83. The molecule has 0 spiro atoms. The number of anilines is 1. The van der Waals surface area contributed by atoms with Gasteiger partial charge in [0.25, 0.3) is 0 Å². The van der Waals surface area contributed by atoms with Crippen molar-refractivity contribution in [3.63, 3.8) is 0 Å². The van der Waals surface area contributed by atoms with Gasteiger partial charge < -0.3 is 9.80 Å². The average Bonchev–Trinajstić information content (AvgIpc) is 3.23. The predicted octanol–water partition coefficient (Wildman–Crippen LogP) is 2.56. The average molecular weight is 299 g/mol. The number of pyridine rings is 1. The monoisotopic (exact) mass is 299 g/mol. The van der Waals surface area contributed by atoms with Gasteiger partial charge in [0, 0.05) is 38.3 Å². The van der Waals surface area contributed by atoms with Crippen LogP contribution in [0.25, 0.3) is 0 Å². The van der Waals surface area contributed by atoms with Crippen LogP contribution < -0.4 is 4.90 Å². The van der Waals surface area contributed by atoms with Crippen molar-refractivity contribution in [2.75, 3.05) is 31.1 Å². The SMILES string of the molecule is O=C(C1CCCC1)N1C[C@@H]2CCN(c3cccnc3)C[C@@H]2C1. The Hall–Kier alpha value is -1.58. The van der Waals surface area contributed by atoms with Crippen molar-refractivity contribution < 1.29 is 4.79 Å². The lowest BCUT2D eigenvalue weighted by molar-refractivity contribution is -0.134. The fourth-order valence-corrected chi connectivity index (χ4v) is 4.55. The van der Waals surface area contributed by atoms with Crippen LogP contribution in [0.1, 0.15) is 32.1 Å². The van der Waals surface area contributed by atoms with E-state index < -0.39 is 0 Å². The van der Waals surface area contributed by atoms with E-state index in [4.69, 9.17) is 0 Å². The zero-order valence-corrected chi connectivity index (χ0v) is 13.2. The number of carbonyl (C=O) groups excluding carboxylic acids is 1. The van der Waals surface area contributed by atoms with Crippen molar-refractivity contribution >= 4 is 11.6 Å². The van der Waals surface area contributed by atoms with Crippen LogP contribution in [0.5, 0.6) is 0 Å². The summed E-state index contributed by atoms with van der Waals surface area (Å²) in [5.74, 6) is 2.12. The van der Waals surface area contributed by atoms with Crippen LogP contribution in [0.15, 0.2) is 24.5 Å². The summed E-state index contributed by atoms with van der Waals surface area (Å²) in [5.41, 5.74) is 1.22. The highest BCUT2D eigenvalue weighted by atomic mass is 16.2. The Bertz CT molecular complexity index is 526. The molecule has 4 heteroatoms. The number of hydrogen-bond acceptors (Lipinski definition) is 3. The molecule has 2 atom stereocenters. The molecule has 3 heterocycles. The molecule has 1 aliphatic carbocycles. The highest BCUT2D eigenvalue weighted by Gasteiger charge is 2.40. The summed E-state index contributed by atoms with van der Waals surface area (Å²) in [4.78, 5) is 21.5. The first kappa shape index (κ1) is 14.0. The van der Waals surface area contributed by atoms with E-state index in [1.165, 1.54) is 24.9 Å². The van der Waals surface area contributed by atoms with E-state index in [2.05, 4.69) is 20.9 Å². The summed E-state index contributed by atoms with van der Waals surface area (Å²) in [7, 11) is 0. The molecule has 0 unspecified atom stereocenters. The lowest BCUT2D eigenvalue weighted by Crippen LogP contribution is -2.40. The standard InChI is InChI=1S/C18H25N3O/c22-18(14-4-1-2-5-14)21-11-15-7-9-20(12-16(15)13-21)17-6-3-8-19-10-17/h3,6,8,10,14-16H,1-2,4-5,7,9,11-13H2/t15-,16+/m0/s1. The van der Waals surface area contributed by atoms with Gasteiger partial charge in [-0.25, -0.2) is 0 Å². The minimum Gasteiger partial charge on any atom is -0.370 e. The summed E-state index contributed by atoms with van der Waals surface area (Å²) in [6, 6.07) is 4.15. The van der Waals surface area contributed by atoms with Gasteiger partial charge in [0.1, 0.15) is 0 Å². The predicted molar refractivity (Wildman–Crippen MR) is 86.6 cm³/mol. The van der Waals surface area contributed by atoms with Crippen LogP contribution >= 0.6 is 0 Å². The molecule has 2 saturated heterocycles. The van der Waals surface area contributed by atoms with Gasteiger partial charge in [0.15, 0.2) is 0 Å². The minimum atomic E-state index is 0.328. The first-order valence-electron chi connectivity index (χ1n) is 8.75. The maximum atomic E-state index is 12.6. The van der Waals surface area contributed by atoms with Gasteiger partial charge in [0.2, 0.25) is 5.91 Å². The van der Waals surface area contributed by atoms with Crippen LogP contribution in [-0.4, -0.2) is 42.0 Å².